The quantitative estimate of drug-likeness (QED) is 0.673. The van der Waals surface area contributed by atoms with E-state index >= 15 is 0 Å². The molecule has 0 spiro atoms. The lowest BCUT2D eigenvalue weighted by atomic mass is 9.73. The Bertz CT molecular complexity index is 777. The number of hydrogen-bond donors (Lipinski definition) is 2. The van der Waals surface area contributed by atoms with Crippen LogP contribution in [-0.4, -0.2) is 31.0 Å². The molecule has 0 bridgehead atoms. The average molecular weight is 442 g/mol. The van der Waals surface area contributed by atoms with Crippen molar-refractivity contribution in [1.82, 2.24) is 0 Å². The summed E-state index contributed by atoms with van der Waals surface area (Å²) in [6, 6.07) is 11.7. The Kier molecular flexibility index (Phi) is 6.60. The van der Waals surface area contributed by atoms with Gasteiger partial charge in [-0.15, -0.1) is 0 Å². The molecule has 0 saturated carbocycles. The van der Waals surface area contributed by atoms with Gasteiger partial charge in [0.1, 0.15) is 11.6 Å². The third kappa shape index (κ3) is 4.55. The van der Waals surface area contributed by atoms with Crippen molar-refractivity contribution in [2.75, 3.05) is 19.8 Å². The largest absolute Gasteiger partial charge is 0.390 e. The Hall–Kier alpha value is -1.38. The van der Waals surface area contributed by atoms with E-state index in [-0.39, 0.29) is 23.2 Å². The highest BCUT2D eigenvalue weighted by molar-refractivity contribution is 9.10. The van der Waals surface area contributed by atoms with E-state index < -0.39 is 29.2 Å². The summed E-state index contributed by atoms with van der Waals surface area (Å²) in [5.41, 5.74) is 6.32. The normalized spacial score (nSPS) is 24.0. The van der Waals surface area contributed by atoms with Crippen LogP contribution in [0.5, 0.6) is 0 Å². The summed E-state index contributed by atoms with van der Waals surface area (Å²) in [6.45, 7) is 0.851. The minimum Gasteiger partial charge on any atom is -0.390 e. The zero-order valence-electron chi connectivity index (χ0n) is 14.7. The molecule has 1 aliphatic rings. The van der Waals surface area contributed by atoms with Crippen molar-refractivity contribution in [1.29, 1.82) is 0 Å². The van der Waals surface area contributed by atoms with Gasteiger partial charge in [-0.05, 0) is 34.0 Å². The molecule has 1 heterocycles. The Balaban J connectivity index is 1.75. The van der Waals surface area contributed by atoms with E-state index in [1.165, 1.54) is 6.07 Å². The molecule has 2 aromatic rings. The molecule has 0 aromatic heterocycles. The molecular formula is C20H22BrF2NO3. The molecule has 0 radical (unpaired) electrons. The summed E-state index contributed by atoms with van der Waals surface area (Å²) in [7, 11) is 0. The number of aliphatic hydroxyl groups excluding tert-OH is 1. The first-order valence-electron chi connectivity index (χ1n) is 8.73. The molecule has 3 N–H and O–H groups in total. The highest BCUT2D eigenvalue weighted by atomic mass is 79.9. The summed E-state index contributed by atoms with van der Waals surface area (Å²) < 4.78 is 39.3. The van der Waals surface area contributed by atoms with E-state index in [0.29, 0.717) is 19.6 Å². The van der Waals surface area contributed by atoms with Crippen LogP contribution in [0, 0.1) is 17.6 Å². The molecule has 4 nitrogen and oxygen atoms in total. The maximum Gasteiger partial charge on any atom is 0.140 e. The smallest absolute Gasteiger partial charge is 0.140 e. The molecule has 0 aliphatic carbocycles. The first kappa shape index (κ1) is 20.4. The van der Waals surface area contributed by atoms with Crippen molar-refractivity contribution in [2.45, 2.75) is 24.7 Å². The predicted molar refractivity (Wildman–Crippen MR) is 101 cm³/mol. The fourth-order valence-electron chi connectivity index (χ4n) is 3.50. The lowest BCUT2D eigenvalue weighted by Crippen LogP contribution is -2.56. The highest BCUT2D eigenvalue weighted by Gasteiger charge is 2.45. The molecule has 2 aromatic carbocycles. The maximum atomic E-state index is 14.5. The molecule has 3 rings (SSSR count). The molecule has 3 atom stereocenters. The van der Waals surface area contributed by atoms with Gasteiger partial charge in [0.15, 0.2) is 0 Å². The predicted octanol–water partition coefficient (Wildman–Crippen LogP) is 3.50. The molecular weight excluding hydrogens is 420 g/mol. The van der Waals surface area contributed by atoms with Gasteiger partial charge < -0.3 is 20.3 Å². The Morgan fingerprint density at radius 2 is 2.00 bits per heavy atom. The van der Waals surface area contributed by atoms with E-state index in [4.69, 9.17) is 15.2 Å². The number of aliphatic hydroxyl groups is 1. The molecule has 7 heteroatoms. The molecule has 146 valence electrons. The molecule has 1 aliphatic heterocycles. The summed E-state index contributed by atoms with van der Waals surface area (Å²) >= 11 is 3.07. The summed E-state index contributed by atoms with van der Waals surface area (Å²) in [6.07, 6.45) is -0.466. The monoisotopic (exact) mass is 441 g/mol. The molecule has 0 amide bonds. The minimum absolute atomic E-state index is 0.0302. The van der Waals surface area contributed by atoms with Gasteiger partial charge in [-0.25, -0.2) is 8.78 Å². The molecule has 27 heavy (non-hydrogen) atoms. The average Bonchev–Trinajstić information content (AvgIpc) is 2.65. The van der Waals surface area contributed by atoms with E-state index in [2.05, 4.69) is 15.9 Å². The summed E-state index contributed by atoms with van der Waals surface area (Å²) in [4.78, 5) is 0. The Labute approximate surface area is 165 Å². The van der Waals surface area contributed by atoms with Crippen molar-refractivity contribution in [3.8, 4) is 0 Å². The lowest BCUT2D eigenvalue weighted by Gasteiger charge is -2.43. The molecule has 3 unspecified atom stereocenters. The molecule has 1 fully saturated rings. The van der Waals surface area contributed by atoms with Gasteiger partial charge in [0.25, 0.3) is 0 Å². The zero-order valence-corrected chi connectivity index (χ0v) is 16.3. The van der Waals surface area contributed by atoms with Gasteiger partial charge in [0.2, 0.25) is 0 Å². The highest BCUT2D eigenvalue weighted by Crippen LogP contribution is 2.38. The number of halogens is 3. The Morgan fingerprint density at radius 3 is 2.74 bits per heavy atom. The van der Waals surface area contributed by atoms with Gasteiger partial charge in [-0.2, -0.15) is 0 Å². The van der Waals surface area contributed by atoms with Crippen LogP contribution < -0.4 is 5.73 Å². The zero-order chi connectivity index (χ0) is 19.4. The van der Waals surface area contributed by atoms with Crippen LogP contribution in [0.3, 0.4) is 0 Å². The number of hydrogen-bond acceptors (Lipinski definition) is 4. The van der Waals surface area contributed by atoms with Gasteiger partial charge >= 0.3 is 0 Å². The summed E-state index contributed by atoms with van der Waals surface area (Å²) in [5.74, 6) is -1.96. The SMILES string of the molecule is NC1(c2cc(Br)c(F)cc2F)COCCC1C(O)COCc1ccccc1. The maximum absolute atomic E-state index is 14.5. The topological polar surface area (TPSA) is 64.7 Å². The van der Waals surface area contributed by atoms with Crippen LogP contribution in [0.25, 0.3) is 0 Å². The van der Waals surface area contributed by atoms with Crippen LogP contribution in [0.1, 0.15) is 17.5 Å². The van der Waals surface area contributed by atoms with Crippen LogP contribution >= 0.6 is 15.9 Å². The second-order valence-electron chi connectivity index (χ2n) is 6.80. The van der Waals surface area contributed by atoms with Crippen molar-refractivity contribution < 1.29 is 23.4 Å². The van der Waals surface area contributed by atoms with Crippen molar-refractivity contribution in [2.24, 2.45) is 11.7 Å². The van der Waals surface area contributed by atoms with E-state index in [9.17, 15) is 13.9 Å². The third-order valence-electron chi connectivity index (χ3n) is 4.95. The van der Waals surface area contributed by atoms with Crippen LogP contribution in [0.2, 0.25) is 0 Å². The van der Waals surface area contributed by atoms with Crippen LogP contribution in [-0.2, 0) is 21.6 Å². The van der Waals surface area contributed by atoms with Gasteiger partial charge in [-0.3, -0.25) is 0 Å². The number of rotatable bonds is 6. The second-order valence-corrected chi connectivity index (χ2v) is 7.66. The number of ether oxygens (including phenoxy) is 2. The van der Waals surface area contributed by atoms with Crippen molar-refractivity contribution in [3.63, 3.8) is 0 Å². The lowest BCUT2D eigenvalue weighted by molar-refractivity contribution is -0.0822. The van der Waals surface area contributed by atoms with Crippen LogP contribution in [0.15, 0.2) is 46.9 Å². The number of benzene rings is 2. The van der Waals surface area contributed by atoms with E-state index in [0.717, 1.165) is 11.6 Å². The third-order valence-corrected chi connectivity index (χ3v) is 5.56. The first-order valence-corrected chi connectivity index (χ1v) is 9.52. The first-order chi connectivity index (χ1) is 12.9. The summed E-state index contributed by atoms with van der Waals surface area (Å²) in [5, 5.41) is 10.7. The minimum atomic E-state index is -1.28. The van der Waals surface area contributed by atoms with Gasteiger partial charge in [-0.1, -0.05) is 30.3 Å². The number of nitrogens with two attached hydrogens (primary N) is 1. The van der Waals surface area contributed by atoms with Crippen molar-refractivity contribution >= 4 is 15.9 Å². The van der Waals surface area contributed by atoms with Gasteiger partial charge in [0.05, 0.1) is 35.9 Å². The Morgan fingerprint density at radius 1 is 1.26 bits per heavy atom. The van der Waals surface area contributed by atoms with E-state index in [1.807, 2.05) is 30.3 Å². The van der Waals surface area contributed by atoms with E-state index in [1.54, 1.807) is 0 Å². The van der Waals surface area contributed by atoms with Crippen molar-refractivity contribution in [3.05, 3.63) is 69.7 Å². The fraction of sp³-hybridized carbons (Fsp3) is 0.400. The second kappa shape index (κ2) is 8.75. The molecule has 1 saturated heterocycles. The fourth-order valence-corrected chi connectivity index (χ4v) is 3.84. The standard InChI is InChI=1S/C20H22BrF2NO3/c21-16-8-15(17(22)9-18(16)23)20(24)12-26-7-6-14(20)19(25)11-27-10-13-4-2-1-3-5-13/h1-5,8-9,14,19,25H,6-7,10-12,24H2. The van der Waals surface area contributed by atoms with Crippen LogP contribution in [0.4, 0.5) is 8.78 Å². The van der Waals surface area contributed by atoms with Gasteiger partial charge in [0, 0.05) is 24.2 Å².